The van der Waals surface area contributed by atoms with Crippen LogP contribution in [0.15, 0.2) is 18.2 Å². The Morgan fingerprint density at radius 1 is 1.08 bits per heavy atom. The molecule has 1 aromatic carbocycles. The van der Waals surface area contributed by atoms with Crippen LogP contribution in [-0.2, 0) is 4.79 Å². The van der Waals surface area contributed by atoms with E-state index in [1.165, 1.54) is 6.92 Å². The Morgan fingerprint density at radius 2 is 1.76 bits per heavy atom. The van der Waals surface area contributed by atoms with E-state index in [2.05, 4.69) is 16.0 Å². The molecule has 1 aliphatic heterocycles. The molecule has 1 heterocycles. The lowest BCUT2D eigenvalue weighted by Crippen LogP contribution is -2.42. The van der Waals surface area contributed by atoms with Crippen LogP contribution in [0.25, 0.3) is 0 Å². The van der Waals surface area contributed by atoms with Gasteiger partial charge in [0, 0.05) is 26.4 Å². The van der Waals surface area contributed by atoms with E-state index >= 15 is 0 Å². The van der Waals surface area contributed by atoms with Crippen LogP contribution in [0.4, 0.5) is 4.79 Å². The third-order valence-electron chi connectivity index (χ3n) is 3.87. The maximum Gasteiger partial charge on any atom is 0.315 e. The molecule has 1 aliphatic rings. The smallest absolute Gasteiger partial charge is 0.315 e. The summed E-state index contributed by atoms with van der Waals surface area (Å²) in [7, 11) is 0. The fourth-order valence-corrected chi connectivity index (χ4v) is 2.62. The van der Waals surface area contributed by atoms with Crippen molar-refractivity contribution < 1.29 is 19.1 Å². The number of benzene rings is 1. The van der Waals surface area contributed by atoms with Crippen molar-refractivity contribution in [2.75, 3.05) is 26.3 Å². The van der Waals surface area contributed by atoms with Crippen LogP contribution in [0, 0.1) is 5.92 Å². The van der Waals surface area contributed by atoms with E-state index in [-0.39, 0.29) is 23.9 Å². The zero-order valence-electron chi connectivity index (χ0n) is 15.1. The van der Waals surface area contributed by atoms with Gasteiger partial charge in [0.2, 0.25) is 5.91 Å². The fraction of sp³-hybridized carbons (Fsp3) is 0.556. The largest absolute Gasteiger partial charge is 0.490 e. The summed E-state index contributed by atoms with van der Waals surface area (Å²) in [5.74, 6) is 1.54. The van der Waals surface area contributed by atoms with E-state index in [1.807, 2.05) is 32.0 Å². The van der Waals surface area contributed by atoms with E-state index in [0.717, 1.165) is 17.7 Å². The molecule has 0 aromatic heterocycles. The maximum absolute atomic E-state index is 12.1. The van der Waals surface area contributed by atoms with Gasteiger partial charge in [0.25, 0.3) is 0 Å². The van der Waals surface area contributed by atoms with Gasteiger partial charge in [0.05, 0.1) is 19.3 Å². The number of rotatable bonds is 6. The highest BCUT2D eigenvalue weighted by Gasteiger charge is 2.21. The minimum Gasteiger partial charge on any atom is -0.490 e. The van der Waals surface area contributed by atoms with Crippen LogP contribution in [0.5, 0.6) is 11.5 Å². The minimum atomic E-state index is -0.267. The Kier molecular flexibility index (Phi) is 6.91. The Bertz CT molecular complexity index is 604. The van der Waals surface area contributed by atoms with Crippen LogP contribution in [0.2, 0.25) is 0 Å². The van der Waals surface area contributed by atoms with Gasteiger partial charge in [-0.3, -0.25) is 4.79 Å². The monoisotopic (exact) mass is 349 g/mol. The molecule has 1 atom stereocenters. The number of fused-ring (bicyclic) bond motifs is 1. The van der Waals surface area contributed by atoms with E-state index < -0.39 is 0 Å². The van der Waals surface area contributed by atoms with Gasteiger partial charge in [-0.2, -0.15) is 0 Å². The van der Waals surface area contributed by atoms with Crippen molar-refractivity contribution in [3.05, 3.63) is 23.8 Å². The molecule has 0 radical (unpaired) electrons. The second-order valence-corrected chi connectivity index (χ2v) is 6.36. The molecule has 0 saturated heterocycles. The molecule has 2 rings (SSSR count). The van der Waals surface area contributed by atoms with Crippen LogP contribution in [-0.4, -0.2) is 38.2 Å². The summed E-state index contributed by atoms with van der Waals surface area (Å²) < 4.78 is 11.4. The van der Waals surface area contributed by atoms with Crippen LogP contribution < -0.4 is 25.4 Å². The van der Waals surface area contributed by atoms with Crippen molar-refractivity contribution in [2.45, 2.75) is 33.2 Å². The lowest BCUT2D eigenvalue weighted by atomic mass is 9.96. The first-order valence-electron chi connectivity index (χ1n) is 8.65. The maximum atomic E-state index is 12.1. The summed E-state index contributed by atoms with van der Waals surface area (Å²) in [6, 6.07) is 5.36. The molecule has 0 spiro atoms. The van der Waals surface area contributed by atoms with Gasteiger partial charge in [-0.05, 0) is 23.6 Å². The molecule has 0 bridgehead atoms. The molecule has 1 aromatic rings. The summed E-state index contributed by atoms with van der Waals surface area (Å²) in [6.07, 6.45) is 0.854. The minimum absolute atomic E-state index is 0.116. The lowest BCUT2D eigenvalue weighted by molar-refractivity contribution is -0.118. The second-order valence-electron chi connectivity index (χ2n) is 6.36. The molecule has 138 valence electrons. The first-order chi connectivity index (χ1) is 12.0. The molecule has 1 unspecified atom stereocenters. The highest BCUT2D eigenvalue weighted by atomic mass is 16.5. The number of carbonyl (C=O) groups is 2. The Hall–Kier alpha value is -2.44. The number of amides is 3. The molecule has 7 nitrogen and oxygen atoms in total. The van der Waals surface area contributed by atoms with E-state index in [9.17, 15) is 9.59 Å². The number of nitrogens with one attached hydrogen (secondary N) is 3. The highest BCUT2D eigenvalue weighted by Crippen LogP contribution is 2.34. The van der Waals surface area contributed by atoms with Gasteiger partial charge in [0.15, 0.2) is 11.5 Å². The van der Waals surface area contributed by atoms with Crippen molar-refractivity contribution >= 4 is 11.9 Å². The normalized spacial score (nSPS) is 14.4. The van der Waals surface area contributed by atoms with E-state index in [1.54, 1.807) is 0 Å². The Morgan fingerprint density at radius 3 is 2.44 bits per heavy atom. The van der Waals surface area contributed by atoms with Crippen molar-refractivity contribution in [1.29, 1.82) is 0 Å². The quantitative estimate of drug-likeness (QED) is 0.685. The number of hydrogen-bond acceptors (Lipinski definition) is 4. The van der Waals surface area contributed by atoms with Crippen LogP contribution >= 0.6 is 0 Å². The summed E-state index contributed by atoms with van der Waals surface area (Å²) in [6.45, 7) is 7.58. The van der Waals surface area contributed by atoms with Gasteiger partial charge >= 0.3 is 6.03 Å². The van der Waals surface area contributed by atoms with Gasteiger partial charge in [-0.1, -0.05) is 19.9 Å². The topological polar surface area (TPSA) is 88.7 Å². The average molecular weight is 349 g/mol. The molecule has 3 amide bonds. The number of urea groups is 1. The average Bonchev–Trinajstić information content (AvgIpc) is 2.80. The van der Waals surface area contributed by atoms with Gasteiger partial charge in [0.1, 0.15) is 0 Å². The molecular formula is C18H27N3O4. The van der Waals surface area contributed by atoms with Gasteiger partial charge < -0.3 is 25.4 Å². The fourth-order valence-electron chi connectivity index (χ4n) is 2.62. The zero-order chi connectivity index (χ0) is 18.2. The number of hydrogen-bond donors (Lipinski definition) is 3. The van der Waals surface area contributed by atoms with E-state index in [0.29, 0.717) is 32.1 Å². The first kappa shape index (κ1) is 18.9. The lowest BCUT2D eigenvalue weighted by Gasteiger charge is -2.24. The van der Waals surface area contributed by atoms with Crippen molar-refractivity contribution in [2.24, 2.45) is 5.92 Å². The molecule has 7 heteroatoms. The molecule has 3 N–H and O–H groups in total. The van der Waals surface area contributed by atoms with E-state index in [4.69, 9.17) is 9.47 Å². The standard InChI is InChI=1S/C18H27N3O4/c1-12(2)17(21-18(23)20-8-7-19-13(3)22)14-5-6-15-16(11-14)25-10-4-9-24-15/h5-6,11-12,17H,4,7-10H2,1-3H3,(H,19,22)(H2,20,21,23). The third-order valence-corrected chi connectivity index (χ3v) is 3.87. The predicted molar refractivity (Wildman–Crippen MR) is 94.8 cm³/mol. The molecular weight excluding hydrogens is 322 g/mol. The zero-order valence-corrected chi connectivity index (χ0v) is 15.1. The van der Waals surface area contributed by atoms with Crippen LogP contribution in [0.3, 0.4) is 0 Å². The van der Waals surface area contributed by atoms with Crippen LogP contribution in [0.1, 0.15) is 38.8 Å². The molecule has 0 fully saturated rings. The molecule has 25 heavy (non-hydrogen) atoms. The summed E-state index contributed by atoms with van der Waals surface area (Å²) in [4.78, 5) is 22.9. The summed E-state index contributed by atoms with van der Waals surface area (Å²) >= 11 is 0. The Balaban J connectivity index is 1.99. The van der Waals surface area contributed by atoms with Gasteiger partial charge in [-0.15, -0.1) is 0 Å². The first-order valence-corrected chi connectivity index (χ1v) is 8.65. The number of ether oxygens (including phenoxy) is 2. The summed E-state index contributed by atoms with van der Waals surface area (Å²) in [5, 5.41) is 8.37. The summed E-state index contributed by atoms with van der Waals surface area (Å²) in [5.41, 5.74) is 0.969. The Labute approximate surface area is 148 Å². The third kappa shape index (κ3) is 5.85. The predicted octanol–water partition coefficient (Wildman–Crippen LogP) is 1.98. The number of carbonyl (C=O) groups excluding carboxylic acids is 2. The highest BCUT2D eigenvalue weighted by molar-refractivity contribution is 5.75. The molecule has 0 saturated carbocycles. The molecule has 0 aliphatic carbocycles. The second kappa shape index (κ2) is 9.15. The van der Waals surface area contributed by atoms with Crippen molar-refractivity contribution in [3.8, 4) is 11.5 Å². The van der Waals surface area contributed by atoms with Crippen molar-refractivity contribution in [3.63, 3.8) is 0 Å². The SMILES string of the molecule is CC(=O)NCCNC(=O)NC(c1ccc2c(c1)OCCCO2)C(C)C. The van der Waals surface area contributed by atoms with Crippen molar-refractivity contribution in [1.82, 2.24) is 16.0 Å². The van der Waals surface area contributed by atoms with Gasteiger partial charge in [-0.25, -0.2) is 4.79 Å².